The highest BCUT2D eigenvalue weighted by Crippen LogP contribution is 2.23. The van der Waals surface area contributed by atoms with Gasteiger partial charge in [0, 0.05) is 4.90 Å². The van der Waals surface area contributed by atoms with Crippen LogP contribution in [-0.4, -0.2) is 0 Å². The first kappa shape index (κ1) is 7.09. The van der Waals surface area contributed by atoms with Gasteiger partial charge in [-0.1, -0.05) is 0 Å². The second kappa shape index (κ2) is 3.22. The number of hydrogen-bond acceptors (Lipinski definition) is 1. The lowest BCUT2D eigenvalue weighted by Gasteiger charge is -1.90. The Morgan fingerprint density at radius 2 is 1.78 bits per heavy atom. The Hall–Kier alpha value is -0.0200. The maximum Gasteiger partial charge on any atom is 0.123 e. The van der Waals surface area contributed by atoms with Gasteiger partial charge in [-0.05, 0) is 49.3 Å². The van der Waals surface area contributed by atoms with Crippen molar-refractivity contribution in [3.05, 3.63) is 30.1 Å². The van der Waals surface area contributed by atoms with Gasteiger partial charge in [-0.15, -0.1) is 0 Å². The molecule has 48 valence electrons. The highest BCUT2D eigenvalue weighted by Gasteiger charge is 1.89. The summed E-state index contributed by atoms with van der Waals surface area (Å²) in [6, 6.07) is 6.30. The predicted octanol–water partition coefficient (Wildman–Crippen LogP) is 3.23. The Balaban J connectivity index is 2.88. The van der Waals surface area contributed by atoms with Gasteiger partial charge in [-0.25, -0.2) is 4.39 Å². The van der Waals surface area contributed by atoms with Crippen LogP contribution in [-0.2, 0) is 0 Å². The van der Waals surface area contributed by atoms with E-state index in [-0.39, 0.29) is 5.82 Å². The monoisotopic (exact) mass is 206 g/mol. The standard InChI is InChI=1S/C6H4BrFS/c7-9-6-3-1-5(8)2-4-6/h1-4H. The second-order valence-electron chi connectivity index (χ2n) is 1.53. The van der Waals surface area contributed by atoms with E-state index >= 15 is 0 Å². The molecule has 0 atom stereocenters. The minimum absolute atomic E-state index is 0.194. The van der Waals surface area contributed by atoms with E-state index in [1.54, 1.807) is 12.1 Å². The van der Waals surface area contributed by atoms with Gasteiger partial charge < -0.3 is 0 Å². The molecule has 0 aliphatic carbocycles. The van der Waals surface area contributed by atoms with Crippen molar-refractivity contribution in [3.63, 3.8) is 0 Å². The van der Waals surface area contributed by atoms with E-state index in [0.717, 1.165) is 4.90 Å². The third kappa shape index (κ3) is 1.99. The van der Waals surface area contributed by atoms with E-state index in [2.05, 4.69) is 14.8 Å². The largest absolute Gasteiger partial charge is 0.207 e. The molecule has 0 fully saturated rings. The average molecular weight is 207 g/mol. The summed E-state index contributed by atoms with van der Waals surface area (Å²) in [5, 5.41) is 0. The molecule has 0 heterocycles. The number of benzene rings is 1. The Morgan fingerprint density at radius 1 is 1.22 bits per heavy atom. The normalized spacial score (nSPS) is 9.56. The summed E-state index contributed by atoms with van der Waals surface area (Å²) in [6.07, 6.45) is 0. The van der Waals surface area contributed by atoms with Gasteiger partial charge in [0.15, 0.2) is 0 Å². The van der Waals surface area contributed by atoms with Crippen molar-refractivity contribution in [3.8, 4) is 0 Å². The van der Waals surface area contributed by atoms with Crippen molar-refractivity contribution in [1.82, 2.24) is 0 Å². The SMILES string of the molecule is Fc1ccc(SBr)cc1. The molecule has 0 unspecified atom stereocenters. The Labute approximate surface area is 64.7 Å². The zero-order chi connectivity index (χ0) is 6.69. The van der Waals surface area contributed by atoms with E-state index < -0.39 is 0 Å². The lowest BCUT2D eigenvalue weighted by molar-refractivity contribution is 0.626. The molecular weight excluding hydrogens is 203 g/mol. The van der Waals surface area contributed by atoms with Crippen LogP contribution in [0.4, 0.5) is 4.39 Å². The smallest absolute Gasteiger partial charge is 0.123 e. The quantitative estimate of drug-likeness (QED) is 0.681. The molecule has 0 saturated carbocycles. The van der Waals surface area contributed by atoms with Crippen LogP contribution in [0.2, 0.25) is 0 Å². The molecule has 0 bridgehead atoms. The van der Waals surface area contributed by atoms with Crippen molar-refractivity contribution in [2.75, 3.05) is 0 Å². The maximum absolute atomic E-state index is 12.2. The summed E-state index contributed by atoms with van der Waals surface area (Å²) < 4.78 is 12.2. The van der Waals surface area contributed by atoms with Gasteiger partial charge in [-0.2, -0.15) is 0 Å². The van der Waals surface area contributed by atoms with Gasteiger partial charge in [0.25, 0.3) is 0 Å². The van der Waals surface area contributed by atoms with Crippen LogP contribution in [0.5, 0.6) is 0 Å². The summed E-state index contributed by atoms with van der Waals surface area (Å²) in [4.78, 5) is 1.01. The molecule has 3 heteroatoms. The molecule has 1 aromatic carbocycles. The van der Waals surface area contributed by atoms with Crippen LogP contribution in [0.3, 0.4) is 0 Å². The number of halogens is 2. The first-order chi connectivity index (χ1) is 4.33. The topological polar surface area (TPSA) is 0 Å². The third-order valence-corrected chi connectivity index (χ3v) is 2.47. The summed E-state index contributed by atoms with van der Waals surface area (Å²) in [7, 11) is 1.42. The zero-order valence-electron chi connectivity index (χ0n) is 4.47. The van der Waals surface area contributed by atoms with Crippen molar-refractivity contribution in [1.29, 1.82) is 0 Å². The third-order valence-electron chi connectivity index (χ3n) is 0.903. The average Bonchev–Trinajstić information content (AvgIpc) is 1.90. The predicted molar refractivity (Wildman–Crippen MR) is 41.2 cm³/mol. The Bertz CT molecular complexity index is 185. The summed E-state index contributed by atoms with van der Waals surface area (Å²) >= 11 is 3.18. The first-order valence-electron chi connectivity index (χ1n) is 2.37. The highest BCUT2D eigenvalue weighted by atomic mass is 79.9. The molecule has 0 radical (unpaired) electrons. The molecule has 1 rings (SSSR count). The van der Waals surface area contributed by atoms with Crippen LogP contribution in [0.1, 0.15) is 0 Å². The van der Waals surface area contributed by atoms with Crippen molar-refractivity contribution >= 4 is 25.0 Å². The van der Waals surface area contributed by atoms with E-state index in [1.807, 2.05) is 0 Å². The molecule has 0 saturated heterocycles. The van der Waals surface area contributed by atoms with Crippen LogP contribution in [0, 0.1) is 5.82 Å². The molecule has 0 spiro atoms. The fourth-order valence-electron chi connectivity index (χ4n) is 0.486. The van der Waals surface area contributed by atoms with Gasteiger partial charge >= 0.3 is 0 Å². The van der Waals surface area contributed by atoms with E-state index in [4.69, 9.17) is 0 Å². The van der Waals surface area contributed by atoms with E-state index in [9.17, 15) is 4.39 Å². The molecule has 0 aliphatic rings. The molecule has 0 amide bonds. The zero-order valence-corrected chi connectivity index (χ0v) is 6.88. The van der Waals surface area contributed by atoms with Gasteiger partial charge in [0.05, 0.1) is 0 Å². The summed E-state index contributed by atoms with van der Waals surface area (Å²) in [6.45, 7) is 0. The van der Waals surface area contributed by atoms with Crippen LogP contribution in [0.15, 0.2) is 29.2 Å². The van der Waals surface area contributed by atoms with Gasteiger partial charge in [-0.3, -0.25) is 0 Å². The lowest BCUT2D eigenvalue weighted by atomic mass is 10.4. The van der Waals surface area contributed by atoms with E-state index in [1.165, 1.54) is 22.3 Å². The molecule has 9 heavy (non-hydrogen) atoms. The molecule has 0 aromatic heterocycles. The Morgan fingerprint density at radius 3 is 2.22 bits per heavy atom. The van der Waals surface area contributed by atoms with Crippen molar-refractivity contribution in [2.45, 2.75) is 4.90 Å². The molecule has 0 N–H and O–H groups in total. The second-order valence-corrected chi connectivity index (χ2v) is 3.13. The number of hydrogen-bond donors (Lipinski definition) is 0. The highest BCUT2D eigenvalue weighted by molar-refractivity contribution is 9.50. The van der Waals surface area contributed by atoms with Crippen molar-refractivity contribution < 1.29 is 4.39 Å². The minimum atomic E-state index is -0.194. The molecular formula is C6H4BrFS. The fourth-order valence-corrected chi connectivity index (χ4v) is 1.37. The summed E-state index contributed by atoms with van der Waals surface area (Å²) in [5.41, 5.74) is 0. The lowest BCUT2D eigenvalue weighted by Crippen LogP contribution is -1.69. The first-order valence-corrected chi connectivity index (χ1v) is 5.03. The Kier molecular flexibility index (Phi) is 2.54. The fraction of sp³-hybridized carbons (Fsp3) is 0. The van der Waals surface area contributed by atoms with Gasteiger partial charge in [0.2, 0.25) is 0 Å². The minimum Gasteiger partial charge on any atom is -0.207 e. The van der Waals surface area contributed by atoms with Crippen LogP contribution in [0.25, 0.3) is 0 Å². The van der Waals surface area contributed by atoms with Crippen molar-refractivity contribution in [2.24, 2.45) is 0 Å². The number of rotatable bonds is 1. The van der Waals surface area contributed by atoms with Gasteiger partial charge in [0.1, 0.15) is 5.82 Å². The van der Waals surface area contributed by atoms with E-state index in [0.29, 0.717) is 0 Å². The van der Waals surface area contributed by atoms with Crippen LogP contribution >= 0.6 is 25.0 Å². The molecule has 0 nitrogen and oxygen atoms in total. The molecule has 0 aliphatic heterocycles. The molecule has 1 aromatic rings. The summed E-state index contributed by atoms with van der Waals surface area (Å²) in [5.74, 6) is -0.194. The van der Waals surface area contributed by atoms with Crippen LogP contribution < -0.4 is 0 Å². The maximum atomic E-state index is 12.2.